The van der Waals surface area contributed by atoms with Crippen LogP contribution in [0.4, 0.5) is 11.4 Å². The molecule has 2 unspecified atom stereocenters. The average Bonchev–Trinajstić information content (AvgIpc) is 3.26. The van der Waals surface area contributed by atoms with Gasteiger partial charge in [0, 0.05) is 31.0 Å². The first-order valence-electron chi connectivity index (χ1n) is 10.9. The van der Waals surface area contributed by atoms with Crippen LogP contribution in [0.3, 0.4) is 0 Å². The van der Waals surface area contributed by atoms with E-state index in [2.05, 4.69) is 6.07 Å². The Balaban J connectivity index is 1.56. The second-order valence-corrected chi connectivity index (χ2v) is 8.30. The van der Waals surface area contributed by atoms with Crippen LogP contribution in [-0.4, -0.2) is 39.6 Å². The van der Waals surface area contributed by atoms with Gasteiger partial charge in [-0.2, -0.15) is 0 Å². The topological polar surface area (TPSA) is 59.1 Å². The molecule has 0 spiro atoms. The number of carbonyl (C=O) groups excluding carboxylic acids is 2. The van der Waals surface area contributed by atoms with Gasteiger partial charge in [0.15, 0.2) is 11.5 Å². The molecular formula is C25H30N2O4. The number of fused-ring (bicyclic) bond motifs is 1. The highest BCUT2D eigenvalue weighted by molar-refractivity contribution is 6.02. The van der Waals surface area contributed by atoms with Crippen molar-refractivity contribution in [1.29, 1.82) is 0 Å². The second-order valence-electron chi connectivity index (χ2n) is 8.30. The molecule has 1 saturated carbocycles. The lowest BCUT2D eigenvalue weighted by Crippen LogP contribution is -2.45. The lowest BCUT2D eigenvalue weighted by molar-refractivity contribution is -0.133. The fraction of sp³-hybridized carbons (Fsp3) is 0.440. The molecule has 6 nitrogen and oxygen atoms in total. The van der Waals surface area contributed by atoms with Gasteiger partial charge in [0.05, 0.1) is 26.1 Å². The van der Waals surface area contributed by atoms with Crippen LogP contribution in [0, 0.1) is 11.8 Å². The molecule has 31 heavy (non-hydrogen) atoms. The number of methoxy groups -OCH3 is 2. The zero-order valence-corrected chi connectivity index (χ0v) is 18.5. The van der Waals surface area contributed by atoms with Crippen LogP contribution in [0.25, 0.3) is 0 Å². The van der Waals surface area contributed by atoms with E-state index >= 15 is 0 Å². The Kier molecular flexibility index (Phi) is 6.16. The molecule has 0 saturated heterocycles. The van der Waals surface area contributed by atoms with Crippen LogP contribution >= 0.6 is 0 Å². The molecule has 1 fully saturated rings. The van der Waals surface area contributed by atoms with Gasteiger partial charge in [0.25, 0.3) is 0 Å². The van der Waals surface area contributed by atoms with Crippen LogP contribution in [0.5, 0.6) is 11.5 Å². The van der Waals surface area contributed by atoms with Gasteiger partial charge in [0.1, 0.15) is 0 Å². The van der Waals surface area contributed by atoms with E-state index in [-0.39, 0.29) is 23.7 Å². The molecule has 1 aliphatic carbocycles. The predicted molar refractivity (Wildman–Crippen MR) is 121 cm³/mol. The van der Waals surface area contributed by atoms with Crippen molar-refractivity contribution in [3.05, 3.63) is 48.0 Å². The van der Waals surface area contributed by atoms with Crippen LogP contribution < -0.4 is 19.3 Å². The standard InChI is InChI=1S/C25H30N2O4/c1-26(18-12-13-22(30-2)23(16-18)31-3)24(28)19-9-5-6-10-20(19)25(29)27-15-14-17-8-4-7-11-21(17)27/h4,7-8,11-13,16,19-20H,5-6,9-10,14-15H2,1-3H3. The molecular weight excluding hydrogens is 392 g/mol. The first-order valence-corrected chi connectivity index (χ1v) is 10.9. The Labute approximate surface area is 183 Å². The maximum absolute atomic E-state index is 13.5. The Morgan fingerprint density at radius 1 is 0.968 bits per heavy atom. The number of ether oxygens (including phenoxy) is 2. The number of carbonyl (C=O) groups is 2. The summed E-state index contributed by atoms with van der Waals surface area (Å²) in [5.41, 5.74) is 2.93. The summed E-state index contributed by atoms with van der Waals surface area (Å²) in [5.74, 6) is 0.665. The van der Waals surface area contributed by atoms with Crippen molar-refractivity contribution in [3.8, 4) is 11.5 Å². The van der Waals surface area contributed by atoms with Crippen LogP contribution in [0.2, 0.25) is 0 Å². The second kappa shape index (κ2) is 9.00. The average molecular weight is 423 g/mol. The lowest BCUT2D eigenvalue weighted by Gasteiger charge is -2.35. The van der Waals surface area contributed by atoms with Gasteiger partial charge in [-0.25, -0.2) is 0 Å². The third kappa shape index (κ3) is 3.99. The third-order valence-electron chi connectivity index (χ3n) is 6.64. The molecule has 164 valence electrons. The molecule has 2 aliphatic rings. The number of hydrogen-bond acceptors (Lipinski definition) is 4. The minimum atomic E-state index is -0.313. The van der Waals surface area contributed by atoms with Crippen LogP contribution in [-0.2, 0) is 16.0 Å². The molecule has 0 radical (unpaired) electrons. The molecule has 6 heteroatoms. The van der Waals surface area contributed by atoms with E-state index in [1.165, 1.54) is 5.56 Å². The minimum absolute atomic E-state index is 0.0160. The molecule has 2 amide bonds. The smallest absolute Gasteiger partial charge is 0.230 e. The van der Waals surface area contributed by atoms with Gasteiger partial charge < -0.3 is 19.3 Å². The summed E-state index contributed by atoms with van der Waals surface area (Å²) < 4.78 is 10.7. The Hall–Kier alpha value is -3.02. The van der Waals surface area contributed by atoms with E-state index in [1.54, 1.807) is 38.3 Å². The molecule has 4 rings (SSSR count). The van der Waals surface area contributed by atoms with Crippen molar-refractivity contribution >= 4 is 23.2 Å². The molecule has 1 aliphatic heterocycles. The zero-order chi connectivity index (χ0) is 22.0. The molecule has 2 atom stereocenters. The summed E-state index contributed by atoms with van der Waals surface area (Å²) in [6, 6.07) is 13.5. The van der Waals surface area contributed by atoms with E-state index < -0.39 is 0 Å². The summed E-state index contributed by atoms with van der Waals surface area (Å²) in [4.78, 5) is 30.6. The molecule has 0 bridgehead atoms. The predicted octanol–water partition coefficient (Wildman–Crippen LogP) is 4.06. The normalized spacial score (nSPS) is 20.2. The highest BCUT2D eigenvalue weighted by Crippen LogP contribution is 2.38. The first kappa shape index (κ1) is 21.2. The molecule has 0 aromatic heterocycles. The fourth-order valence-corrected chi connectivity index (χ4v) is 4.90. The van der Waals surface area contributed by atoms with Crippen molar-refractivity contribution in [2.45, 2.75) is 32.1 Å². The van der Waals surface area contributed by atoms with E-state index in [0.717, 1.165) is 43.5 Å². The van der Waals surface area contributed by atoms with Crippen molar-refractivity contribution in [2.24, 2.45) is 11.8 Å². The molecule has 2 aromatic carbocycles. The van der Waals surface area contributed by atoms with Crippen molar-refractivity contribution in [3.63, 3.8) is 0 Å². The monoisotopic (exact) mass is 422 g/mol. The maximum Gasteiger partial charge on any atom is 0.230 e. The first-order chi connectivity index (χ1) is 15.0. The SMILES string of the molecule is COc1ccc(N(C)C(=O)C2CCCCC2C(=O)N2CCc3ccccc32)cc1OC. The van der Waals surface area contributed by atoms with Gasteiger partial charge >= 0.3 is 0 Å². The number of benzene rings is 2. The highest BCUT2D eigenvalue weighted by Gasteiger charge is 2.40. The number of rotatable bonds is 5. The summed E-state index contributed by atoms with van der Waals surface area (Å²) in [5, 5.41) is 0. The fourth-order valence-electron chi connectivity index (χ4n) is 4.90. The Bertz CT molecular complexity index is 974. The maximum atomic E-state index is 13.5. The summed E-state index contributed by atoms with van der Waals surface area (Å²) in [7, 11) is 4.93. The van der Waals surface area contributed by atoms with Crippen molar-refractivity contribution in [1.82, 2.24) is 0 Å². The number of anilines is 2. The summed E-state index contributed by atoms with van der Waals surface area (Å²) in [6.45, 7) is 0.696. The van der Waals surface area contributed by atoms with Crippen LogP contribution in [0.1, 0.15) is 31.2 Å². The van der Waals surface area contributed by atoms with E-state index in [1.807, 2.05) is 29.2 Å². The van der Waals surface area contributed by atoms with Gasteiger partial charge in [-0.1, -0.05) is 31.0 Å². The third-order valence-corrected chi connectivity index (χ3v) is 6.64. The zero-order valence-electron chi connectivity index (χ0n) is 18.5. The van der Waals surface area contributed by atoms with E-state index in [9.17, 15) is 9.59 Å². The molecule has 0 N–H and O–H groups in total. The lowest BCUT2D eigenvalue weighted by atomic mass is 9.77. The number of hydrogen-bond donors (Lipinski definition) is 0. The highest BCUT2D eigenvalue weighted by atomic mass is 16.5. The summed E-state index contributed by atoms with van der Waals surface area (Å²) >= 11 is 0. The van der Waals surface area contributed by atoms with Gasteiger partial charge in [-0.05, 0) is 43.0 Å². The van der Waals surface area contributed by atoms with Gasteiger partial charge in [-0.3, -0.25) is 9.59 Å². The van der Waals surface area contributed by atoms with E-state index in [4.69, 9.17) is 9.47 Å². The van der Waals surface area contributed by atoms with Crippen molar-refractivity contribution < 1.29 is 19.1 Å². The van der Waals surface area contributed by atoms with Gasteiger partial charge in [0.2, 0.25) is 11.8 Å². The number of para-hydroxylation sites is 1. The van der Waals surface area contributed by atoms with E-state index in [0.29, 0.717) is 18.0 Å². The van der Waals surface area contributed by atoms with Crippen LogP contribution in [0.15, 0.2) is 42.5 Å². The minimum Gasteiger partial charge on any atom is -0.493 e. The molecule has 2 aromatic rings. The Morgan fingerprint density at radius 2 is 1.68 bits per heavy atom. The summed E-state index contributed by atoms with van der Waals surface area (Å²) in [6.07, 6.45) is 4.32. The van der Waals surface area contributed by atoms with Gasteiger partial charge in [-0.15, -0.1) is 0 Å². The molecule has 1 heterocycles. The van der Waals surface area contributed by atoms with Crippen molar-refractivity contribution in [2.75, 3.05) is 37.6 Å². The number of nitrogens with zero attached hydrogens (tertiary/aromatic N) is 2. The largest absolute Gasteiger partial charge is 0.493 e. The Morgan fingerprint density at radius 3 is 2.42 bits per heavy atom. The quantitative estimate of drug-likeness (QED) is 0.729. The number of amides is 2.